The average Bonchev–Trinajstić information content (AvgIpc) is 3.27. The number of nitrogens with zero attached hydrogens (tertiary/aromatic N) is 1. The van der Waals surface area contributed by atoms with E-state index < -0.39 is 0 Å². The predicted molar refractivity (Wildman–Crippen MR) is 118 cm³/mol. The van der Waals surface area contributed by atoms with Crippen LogP contribution in [-0.4, -0.2) is 31.8 Å². The van der Waals surface area contributed by atoms with Gasteiger partial charge >= 0.3 is 0 Å². The molecule has 1 saturated heterocycles. The van der Waals surface area contributed by atoms with Crippen molar-refractivity contribution < 1.29 is 18.7 Å². The normalized spacial score (nSPS) is 16.7. The number of hydrogen-bond donors (Lipinski definition) is 1. The van der Waals surface area contributed by atoms with Gasteiger partial charge in [0.25, 0.3) is 5.91 Å². The Kier molecular flexibility index (Phi) is 6.50. The molecule has 1 N–H and O–H groups in total. The van der Waals surface area contributed by atoms with E-state index >= 15 is 0 Å². The number of rotatable bonds is 6. The fraction of sp³-hybridized carbons (Fsp3) is 0.304. The summed E-state index contributed by atoms with van der Waals surface area (Å²) in [6.45, 7) is 3.64. The van der Waals surface area contributed by atoms with Gasteiger partial charge in [0.1, 0.15) is 22.6 Å². The number of benzene rings is 2. The van der Waals surface area contributed by atoms with Crippen molar-refractivity contribution in [3.63, 3.8) is 0 Å². The number of carbonyl (C=O) groups is 1. The summed E-state index contributed by atoms with van der Waals surface area (Å²) in [5, 5.41) is 3.77. The van der Waals surface area contributed by atoms with Gasteiger partial charge in [-0.05, 0) is 56.2 Å². The third-order valence-electron chi connectivity index (χ3n) is 4.85. The molecule has 6 nitrogen and oxygen atoms in total. The zero-order valence-corrected chi connectivity index (χ0v) is 18.3. The van der Waals surface area contributed by atoms with E-state index in [0.717, 1.165) is 29.3 Å². The van der Waals surface area contributed by atoms with E-state index in [1.54, 1.807) is 6.07 Å². The third-order valence-corrected chi connectivity index (χ3v) is 5.35. The lowest BCUT2D eigenvalue weighted by Crippen LogP contribution is -2.34. The van der Waals surface area contributed by atoms with Crippen LogP contribution in [0.4, 0.5) is 5.69 Å². The van der Waals surface area contributed by atoms with Gasteiger partial charge in [-0.15, -0.1) is 0 Å². The number of amides is 1. The molecule has 0 aliphatic carbocycles. The molecule has 1 aliphatic heterocycles. The first-order chi connectivity index (χ1) is 14.6. The van der Waals surface area contributed by atoms with E-state index in [0.29, 0.717) is 35.7 Å². The zero-order valence-electron chi connectivity index (χ0n) is 16.7. The Hall–Kier alpha value is -2.64. The minimum absolute atomic E-state index is 0.0551. The van der Waals surface area contributed by atoms with E-state index in [-0.39, 0.29) is 17.6 Å². The van der Waals surface area contributed by atoms with E-state index in [4.69, 9.17) is 13.9 Å². The molecule has 1 aliphatic rings. The van der Waals surface area contributed by atoms with Gasteiger partial charge in [-0.1, -0.05) is 28.1 Å². The quantitative estimate of drug-likeness (QED) is 0.564. The lowest BCUT2D eigenvalue weighted by atomic mass is 10.1. The number of para-hydroxylation sites is 2. The minimum Gasteiger partial charge on any atom is -0.492 e. The van der Waals surface area contributed by atoms with Gasteiger partial charge < -0.3 is 19.2 Å². The van der Waals surface area contributed by atoms with Crippen LogP contribution in [0.2, 0.25) is 0 Å². The number of fused-ring (bicyclic) bond motifs is 1. The molecule has 0 unspecified atom stereocenters. The summed E-state index contributed by atoms with van der Waals surface area (Å²) in [4.78, 5) is 17.7. The fourth-order valence-corrected chi connectivity index (χ4v) is 3.77. The molecule has 2 heterocycles. The summed E-state index contributed by atoms with van der Waals surface area (Å²) < 4.78 is 18.2. The number of nitrogens with one attached hydrogen (secondary N) is 1. The Bertz CT molecular complexity index is 1120. The Morgan fingerprint density at radius 2 is 2.13 bits per heavy atom. The molecule has 156 valence electrons. The van der Waals surface area contributed by atoms with Crippen LogP contribution in [0.3, 0.4) is 0 Å². The van der Waals surface area contributed by atoms with Crippen LogP contribution < -0.4 is 15.6 Å². The van der Waals surface area contributed by atoms with Gasteiger partial charge in [-0.3, -0.25) is 4.79 Å². The highest BCUT2D eigenvalue weighted by Gasteiger charge is 2.19. The SMILES string of the molecule is CCOc1ccccc1N=c1oc2ccc(Br)cc2cc1C(=O)NC[C@H]1CCCO1. The third kappa shape index (κ3) is 4.74. The van der Waals surface area contributed by atoms with Crippen molar-refractivity contribution in [1.82, 2.24) is 5.32 Å². The van der Waals surface area contributed by atoms with E-state index in [1.807, 2.05) is 49.4 Å². The van der Waals surface area contributed by atoms with Gasteiger partial charge in [0.15, 0.2) is 0 Å². The standard InChI is InChI=1S/C23H23BrN2O4/c1-2-28-21-8-4-3-7-19(21)26-23-18(22(27)25-14-17-6-5-11-29-17)13-15-12-16(24)9-10-20(15)30-23/h3-4,7-10,12-13,17H,2,5-6,11,14H2,1H3,(H,25,27)/t17-/m1/s1. The van der Waals surface area contributed by atoms with Crippen LogP contribution in [-0.2, 0) is 4.74 Å². The van der Waals surface area contributed by atoms with Gasteiger partial charge in [-0.2, -0.15) is 0 Å². The van der Waals surface area contributed by atoms with Crippen molar-refractivity contribution in [2.45, 2.75) is 25.9 Å². The Balaban J connectivity index is 1.77. The molecule has 0 saturated carbocycles. The second kappa shape index (κ2) is 9.45. The van der Waals surface area contributed by atoms with E-state index in [1.165, 1.54) is 0 Å². The van der Waals surface area contributed by atoms with Crippen molar-refractivity contribution in [2.75, 3.05) is 19.8 Å². The molecule has 3 aromatic rings. The summed E-state index contributed by atoms with van der Waals surface area (Å²) in [7, 11) is 0. The molecular weight excluding hydrogens is 448 g/mol. The van der Waals surface area contributed by atoms with Gasteiger partial charge in [-0.25, -0.2) is 4.99 Å². The van der Waals surface area contributed by atoms with E-state index in [9.17, 15) is 4.79 Å². The molecule has 0 spiro atoms. The monoisotopic (exact) mass is 470 g/mol. The maximum atomic E-state index is 13.0. The van der Waals surface area contributed by atoms with Crippen LogP contribution in [0, 0.1) is 0 Å². The average molecular weight is 471 g/mol. The second-order valence-electron chi connectivity index (χ2n) is 7.00. The highest BCUT2D eigenvalue weighted by molar-refractivity contribution is 9.10. The van der Waals surface area contributed by atoms with Crippen molar-refractivity contribution in [3.05, 3.63) is 64.1 Å². The van der Waals surface area contributed by atoms with E-state index in [2.05, 4.69) is 26.2 Å². The Labute approximate surface area is 183 Å². The smallest absolute Gasteiger partial charge is 0.256 e. The highest BCUT2D eigenvalue weighted by Crippen LogP contribution is 2.27. The van der Waals surface area contributed by atoms with Crippen LogP contribution in [0.25, 0.3) is 11.0 Å². The van der Waals surface area contributed by atoms with Crippen molar-refractivity contribution in [3.8, 4) is 5.75 Å². The zero-order chi connectivity index (χ0) is 20.9. The largest absolute Gasteiger partial charge is 0.492 e. The molecule has 1 fully saturated rings. The number of hydrogen-bond acceptors (Lipinski definition) is 5. The predicted octanol–water partition coefficient (Wildman–Crippen LogP) is 4.74. The molecule has 0 bridgehead atoms. The number of carbonyl (C=O) groups excluding carboxylic acids is 1. The number of halogens is 1. The maximum Gasteiger partial charge on any atom is 0.256 e. The molecule has 1 atom stereocenters. The first kappa shape index (κ1) is 20.6. The lowest BCUT2D eigenvalue weighted by Gasteiger charge is -2.11. The molecular formula is C23H23BrN2O4. The first-order valence-electron chi connectivity index (χ1n) is 10.0. The maximum absolute atomic E-state index is 13.0. The summed E-state index contributed by atoms with van der Waals surface area (Å²) in [5.41, 5.74) is 1.85. The van der Waals surface area contributed by atoms with Crippen LogP contribution in [0.15, 0.2) is 62.4 Å². The van der Waals surface area contributed by atoms with Crippen molar-refractivity contribution in [2.24, 2.45) is 4.99 Å². The summed E-state index contributed by atoms with van der Waals surface area (Å²) >= 11 is 3.47. The van der Waals surface area contributed by atoms with Crippen molar-refractivity contribution in [1.29, 1.82) is 0 Å². The molecule has 7 heteroatoms. The topological polar surface area (TPSA) is 73.1 Å². The highest BCUT2D eigenvalue weighted by atomic mass is 79.9. The van der Waals surface area contributed by atoms with Crippen LogP contribution >= 0.6 is 15.9 Å². The summed E-state index contributed by atoms with van der Waals surface area (Å²) in [6.07, 6.45) is 2.03. The summed E-state index contributed by atoms with van der Waals surface area (Å²) in [6, 6.07) is 14.9. The molecule has 1 amide bonds. The summed E-state index contributed by atoms with van der Waals surface area (Å²) in [5.74, 6) is 0.389. The minimum atomic E-state index is -0.247. The Morgan fingerprint density at radius 3 is 2.93 bits per heavy atom. The van der Waals surface area contributed by atoms with Crippen molar-refractivity contribution >= 4 is 38.5 Å². The Morgan fingerprint density at radius 1 is 1.27 bits per heavy atom. The van der Waals surface area contributed by atoms with Gasteiger partial charge in [0, 0.05) is 23.0 Å². The van der Waals surface area contributed by atoms with Gasteiger partial charge in [0.05, 0.1) is 12.7 Å². The molecule has 30 heavy (non-hydrogen) atoms. The number of ether oxygens (including phenoxy) is 2. The first-order valence-corrected chi connectivity index (χ1v) is 10.8. The fourth-order valence-electron chi connectivity index (χ4n) is 3.39. The van der Waals surface area contributed by atoms with Gasteiger partial charge in [0.2, 0.25) is 5.55 Å². The molecule has 2 aromatic carbocycles. The van der Waals surface area contributed by atoms with Crippen LogP contribution in [0.5, 0.6) is 5.75 Å². The lowest BCUT2D eigenvalue weighted by molar-refractivity contribution is 0.0854. The molecule has 0 radical (unpaired) electrons. The molecule has 1 aromatic heterocycles. The molecule has 4 rings (SSSR count). The second-order valence-corrected chi connectivity index (χ2v) is 7.92. The van der Waals surface area contributed by atoms with Crippen LogP contribution in [0.1, 0.15) is 30.1 Å².